The number of thioether (sulfide) groups is 1. The van der Waals surface area contributed by atoms with Crippen LogP contribution in [0.15, 0.2) is 16.6 Å². The Morgan fingerprint density at radius 3 is 2.70 bits per heavy atom. The molecule has 0 saturated carbocycles. The van der Waals surface area contributed by atoms with Crippen molar-refractivity contribution >= 4 is 56.0 Å². The van der Waals surface area contributed by atoms with Gasteiger partial charge in [0.05, 0.1) is 5.02 Å². The molecule has 1 heterocycles. The average molecular weight is 433 g/mol. The molecule has 1 fully saturated rings. The lowest BCUT2D eigenvalue weighted by molar-refractivity contribution is -0.274. The van der Waals surface area contributed by atoms with Crippen molar-refractivity contribution in [3.63, 3.8) is 0 Å². The number of amides is 1. The first-order chi connectivity index (χ1) is 10.6. The van der Waals surface area contributed by atoms with Crippen molar-refractivity contribution in [1.82, 2.24) is 0 Å². The van der Waals surface area contributed by atoms with Crippen molar-refractivity contribution in [2.24, 2.45) is 0 Å². The summed E-state index contributed by atoms with van der Waals surface area (Å²) in [5.74, 6) is -0.987. The molecule has 1 amide bonds. The summed E-state index contributed by atoms with van der Waals surface area (Å²) in [7, 11) is 0. The zero-order valence-electron chi connectivity index (χ0n) is 11.6. The van der Waals surface area contributed by atoms with Gasteiger partial charge in [-0.05, 0) is 12.1 Å². The number of carbonyl (C=O) groups excluding carboxylic acids is 2. The highest BCUT2D eigenvalue weighted by Crippen LogP contribution is 2.43. The number of alkyl halides is 3. The maximum atomic E-state index is 12.6. The van der Waals surface area contributed by atoms with Crippen LogP contribution in [0, 0.1) is 0 Å². The molecule has 0 aromatic heterocycles. The first kappa shape index (κ1) is 18.4. The molecule has 1 aliphatic heterocycles. The van der Waals surface area contributed by atoms with Crippen molar-refractivity contribution in [2.75, 3.05) is 11.4 Å². The summed E-state index contributed by atoms with van der Waals surface area (Å²) in [6, 6.07) is 2.46. The molecule has 2 rings (SSSR count). The quantitative estimate of drug-likeness (QED) is 0.711. The molecule has 1 atom stereocenters. The second-order valence-electron chi connectivity index (χ2n) is 4.72. The minimum Gasteiger partial charge on any atom is -0.403 e. The number of hydrogen-bond donors (Lipinski definition) is 0. The maximum Gasteiger partial charge on any atom is 0.573 e. The van der Waals surface area contributed by atoms with Crippen LogP contribution in [0.4, 0.5) is 18.9 Å². The van der Waals surface area contributed by atoms with E-state index < -0.39 is 18.0 Å². The van der Waals surface area contributed by atoms with Gasteiger partial charge in [-0.15, -0.1) is 13.2 Å². The van der Waals surface area contributed by atoms with Gasteiger partial charge >= 0.3 is 6.36 Å². The monoisotopic (exact) mass is 431 g/mol. The van der Waals surface area contributed by atoms with E-state index in [1.54, 1.807) is 0 Å². The van der Waals surface area contributed by atoms with Crippen molar-refractivity contribution in [3.8, 4) is 5.75 Å². The number of anilines is 1. The molecule has 1 aliphatic rings. The zero-order valence-corrected chi connectivity index (χ0v) is 14.8. The number of nitrogens with zero attached hydrogens (tertiary/aromatic N) is 1. The van der Waals surface area contributed by atoms with Crippen LogP contribution < -0.4 is 9.64 Å². The van der Waals surface area contributed by atoms with Crippen molar-refractivity contribution in [1.29, 1.82) is 0 Å². The summed E-state index contributed by atoms with van der Waals surface area (Å²) in [6.07, 6.45) is -4.88. The lowest BCUT2D eigenvalue weighted by Gasteiger charge is -2.22. The number of carbonyl (C=O) groups is 2. The number of benzene rings is 1. The molecule has 0 aliphatic carbocycles. The van der Waals surface area contributed by atoms with E-state index in [1.165, 1.54) is 13.0 Å². The van der Waals surface area contributed by atoms with Gasteiger partial charge in [0, 0.05) is 29.6 Å². The van der Waals surface area contributed by atoms with Crippen LogP contribution in [0.5, 0.6) is 5.75 Å². The third kappa shape index (κ3) is 4.77. The predicted octanol–water partition coefficient (Wildman–Crippen LogP) is 4.39. The molecule has 1 unspecified atom stereocenters. The van der Waals surface area contributed by atoms with E-state index in [4.69, 9.17) is 11.6 Å². The lowest BCUT2D eigenvalue weighted by Crippen LogP contribution is -2.27. The van der Waals surface area contributed by atoms with Crippen LogP contribution in [0.3, 0.4) is 0 Å². The van der Waals surface area contributed by atoms with Gasteiger partial charge < -0.3 is 9.64 Å². The molecule has 23 heavy (non-hydrogen) atoms. The molecule has 0 N–H and O–H groups in total. The van der Waals surface area contributed by atoms with E-state index in [0.717, 1.165) is 22.7 Å². The van der Waals surface area contributed by atoms with Gasteiger partial charge in [0.15, 0.2) is 10.9 Å². The largest absolute Gasteiger partial charge is 0.573 e. The Hall–Kier alpha value is -0.930. The highest BCUT2D eigenvalue weighted by atomic mass is 79.9. The van der Waals surface area contributed by atoms with Gasteiger partial charge in [-0.3, -0.25) is 9.59 Å². The number of ether oxygens (including phenoxy) is 1. The van der Waals surface area contributed by atoms with Crippen molar-refractivity contribution in [3.05, 3.63) is 21.6 Å². The second-order valence-corrected chi connectivity index (χ2v) is 7.52. The topological polar surface area (TPSA) is 46.6 Å². The number of halogens is 5. The summed E-state index contributed by atoms with van der Waals surface area (Å²) < 4.78 is 42.0. The van der Waals surface area contributed by atoms with E-state index in [2.05, 4.69) is 20.7 Å². The molecule has 0 spiro atoms. The van der Waals surface area contributed by atoms with Gasteiger partial charge in [0.2, 0.25) is 5.91 Å². The van der Waals surface area contributed by atoms with Crippen LogP contribution in [0.1, 0.15) is 13.3 Å². The van der Waals surface area contributed by atoms with E-state index in [0.29, 0.717) is 0 Å². The Labute approximate surface area is 147 Å². The Morgan fingerprint density at radius 2 is 2.13 bits per heavy atom. The van der Waals surface area contributed by atoms with Gasteiger partial charge in [-0.2, -0.15) is 0 Å². The van der Waals surface area contributed by atoms with E-state index >= 15 is 0 Å². The number of rotatable bonds is 3. The fourth-order valence-corrected chi connectivity index (χ4v) is 4.01. The van der Waals surface area contributed by atoms with E-state index in [-0.39, 0.29) is 38.5 Å². The molecule has 4 nitrogen and oxygen atoms in total. The summed E-state index contributed by atoms with van der Waals surface area (Å²) in [6.45, 7) is 1.45. The standard InChI is InChI=1S/C13H10BrClF3NO3S/c1-6(20)23-8-4-11(21)19(5-8)12-9(15)2-7(14)3-10(12)22-13(16,17)18/h2-3,8H,4-5H2,1H3. The smallest absolute Gasteiger partial charge is 0.403 e. The molecule has 10 heteroatoms. The summed E-state index contributed by atoms with van der Waals surface area (Å²) >= 11 is 10.0. The van der Waals surface area contributed by atoms with E-state index in [1.807, 2.05) is 0 Å². The molecular weight excluding hydrogens is 423 g/mol. The van der Waals surface area contributed by atoms with Crippen LogP contribution in [-0.4, -0.2) is 29.2 Å². The van der Waals surface area contributed by atoms with Gasteiger partial charge in [-0.25, -0.2) is 0 Å². The molecule has 1 aromatic rings. The minimum absolute atomic E-state index is 0.0437. The highest BCUT2D eigenvalue weighted by molar-refractivity contribution is 9.10. The van der Waals surface area contributed by atoms with Gasteiger partial charge in [-0.1, -0.05) is 39.3 Å². The normalized spacial score (nSPS) is 18.4. The Balaban J connectivity index is 2.38. The molecule has 1 saturated heterocycles. The predicted molar refractivity (Wildman–Crippen MR) is 84.9 cm³/mol. The second kappa shape index (κ2) is 6.90. The molecule has 126 valence electrons. The van der Waals surface area contributed by atoms with Crippen LogP contribution in [-0.2, 0) is 9.59 Å². The maximum absolute atomic E-state index is 12.6. The summed E-state index contributed by atoms with van der Waals surface area (Å²) in [4.78, 5) is 24.4. The Kier molecular flexibility index (Phi) is 5.52. The summed E-state index contributed by atoms with van der Waals surface area (Å²) in [5, 5.41) is -0.558. The third-order valence-corrected chi connectivity index (χ3v) is 4.64. The zero-order chi connectivity index (χ0) is 17.4. The SMILES string of the molecule is CC(=O)SC1CC(=O)N(c2c(Cl)cc(Br)cc2OC(F)(F)F)C1. The van der Waals surface area contributed by atoms with Crippen LogP contribution in [0.2, 0.25) is 5.02 Å². The van der Waals surface area contributed by atoms with Crippen LogP contribution in [0.25, 0.3) is 0 Å². The molecular formula is C13H10BrClF3NO3S. The number of hydrogen-bond acceptors (Lipinski definition) is 4. The molecule has 0 bridgehead atoms. The minimum atomic E-state index is -4.92. The van der Waals surface area contributed by atoms with Crippen LogP contribution >= 0.6 is 39.3 Å². The first-order valence-corrected chi connectivity index (χ1v) is 8.34. The molecule has 0 radical (unpaired) electrons. The Morgan fingerprint density at radius 1 is 1.48 bits per heavy atom. The van der Waals surface area contributed by atoms with E-state index in [9.17, 15) is 22.8 Å². The van der Waals surface area contributed by atoms with Gasteiger partial charge in [0.1, 0.15) is 5.69 Å². The Bertz CT molecular complexity index is 656. The summed E-state index contributed by atoms with van der Waals surface area (Å²) in [5.41, 5.74) is -0.149. The lowest BCUT2D eigenvalue weighted by atomic mass is 10.2. The fraction of sp³-hybridized carbons (Fsp3) is 0.385. The van der Waals surface area contributed by atoms with Crippen molar-refractivity contribution in [2.45, 2.75) is 25.0 Å². The van der Waals surface area contributed by atoms with Gasteiger partial charge in [0.25, 0.3) is 0 Å². The molecule has 1 aromatic carbocycles. The average Bonchev–Trinajstić information content (AvgIpc) is 2.65. The fourth-order valence-electron chi connectivity index (χ4n) is 2.21. The first-order valence-electron chi connectivity index (χ1n) is 6.29. The third-order valence-electron chi connectivity index (χ3n) is 2.91. The highest BCUT2D eigenvalue weighted by Gasteiger charge is 2.38. The van der Waals surface area contributed by atoms with Crippen molar-refractivity contribution < 1.29 is 27.5 Å².